The Bertz CT molecular complexity index is 899. The van der Waals surface area contributed by atoms with Crippen LogP contribution in [0.15, 0.2) is 60.7 Å². The van der Waals surface area contributed by atoms with Crippen molar-refractivity contribution in [3.63, 3.8) is 0 Å². The van der Waals surface area contributed by atoms with Crippen LogP contribution in [0.5, 0.6) is 0 Å². The summed E-state index contributed by atoms with van der Waals surface area (Å²) < 4.78 is 2.90. The van der Waals surface area contributed by atoms with Crippen LogP contribution in [0.2, 0.25) is 0 Å². The lowest BCUT2D eigenvalue weighted by Gasteiger charge is -2.06. The molecule has 0 aliphatic carbocycles. The molecule has 0 aliphatic heterocycles. The molecule has 1 aromatic heterocycles. The van der Waals surface area contributed by atoms with Gasteiger partial charge in [0.15, 0.2) is 11.0 Å². The van der Waals surface area contributed by atoms with E-state index in [9.17, 15) is 9.90 Å². The third-order valence-corrected chi connectivity index (χ3v) is 3.77. The Labute approximate surface area is 139 Å². The Morgan fingerprint density at radius 1 is 1.00 bits per heavy atom. The van der Waals surface area contributed by atoms with Crippen LogP contribution in [0.25, 0.3) is 11.5 Å². The maximum Gasteiger partial charge on any atom is 0.260 e. The van der Waals surface area contributed by atoms with Gasteiger partial charge in [0.25, 0.3) is 5.82 Å². The first-order valence-corrected chi connectivity index (χ1v) is 7.47. The van der Waals surface area contributed by atoms with Crippen molar-refractivity contribution in [1.82, 2.24) is 15.1 Å². The number of ketones is 1. The van der Waals surface area contributed by atoms with Crippen molar-refractivity contribution in [2.75, 3.05) is 0 Å². The smallest absolute Gasteiger partial charge is 0.260 e. The number of carbonyl (C=O) groups excluding carboxylic acids is 1. The number of aliphatic hydroxyl groups is 1. The SMILES string of the molecule is Cc1n(/C(C(=O)c2ccccc2)=C(\O)c2ccccc2)nn[n+]1C. The van der Waals surface area contributed by atoms with E-state index in [1.54, 1.807) is 62.5 Å². The summed E-state index contributed by atoms with van der Waals surface area (Å²) in [6.07, 6.45) is 0. The normalized spacial score (nSPS) is 11.9. The number of hydrogen-bond acceptors (Lipinski definition) is 4. The summed E-state index contributed by atoms with van der Waals surface area (Å²) in [5.74, 6) is 0.153. The molecule has 120 valence electrons. The Kier molecular flexibility index (Phi) is 4.20. The van der Waals surface area contributed by atoms with Crippen molar-refractivity contribution >= 4 is 17.2 Å². The van der Waals surface area contributed by atoms with Gasteiger partial charge in [-0.1, -0.05) is 60.7 Å². The van der Waals surface area contributed by atoms with Crippen molar-refractivity contribution in [2.24, 2.45) is 7.05 Å². The Morgan fingerprint density at radius 2 is 1.54 bits per heavy atom. The number of carbonyl (C=O) groups is 1. The second-order valence-electron chi connectivity index (χ2n) is 5.32. The van der Waals surface area contributed by atoms with Crippen LogP contribution in [0.3, 0.4) is 0 Å². The van der Waals surface area contributed by atoms with Crippen LogP contribution < -0.4 is 4.68 Å². The van der Waals surface area contributed by atoms with Gasteiger partial charge in [0, 0.05) is 18.1 Å². The van der Waals surface area contributed by atoms with Crippen molar-refractivity contribution in [2.45, 2.75) is 6.92 Å². The molecule has 2 aromatic carbocycles. The number of nitrogens with zero attached hydrogens (tertiary/aromatic N) is 4. The van der Waals surface area contributed by atoms with E-state index in [2.05, 4.69) is 10.4 Å². The van der Waals surface area contributed by atoms with E-state index < -0.39 is 0 Å². The first kappa shape index (κ1) is 15.6. The molecule has 0 bridgehead atoms. The molecule has 0 amide bonds. The van der Waals surface area contributed by atoms with Gasteiger partial charge >= 0.3 is 0 Å². The summed E-state index contributed by atoms with van der Waals surface area (Å²) in [7, 11) is 1.73. The van der Waals surface area contributed by atoms with Gasteiger partial charge in [-0.25, -0.2) is 0 Å². The number of aryl methyl sites for hydroxylation is 1. The lowest BCUT2D eigenvalue weighted by atomic mass is 10.0. The number of aromatic nitrogens is 4. The van der Waals surface area contributed by atoms with Crippen LogP contribution in [0, 0.1) is 6.92 Å². The molecule has 0 radical (unpaired) electrons. The third kappa shape index (κ3) is 2.81. The zero-order valence-corrected chi connectivity index (χ0v) is 13.4. The molecule has 6 heteroatoms. The molecule has 0 saturated carbocycles. The van der Waals surface area contributed by atoms with Crippen molar-refractivity contribution in [1.29, 1.82) is 0 Å². The van der Waals surface area contributed by atoms with Gasteiger partial charge in [-0.15, -0.1) is 4.68 Å². The Hall–Kier alpha value is -3.28. The van der Waals surface area contributed by atoms with E-state index in [0.29, 0.717) is 17.0 Å². The molecule has 3 aromatic rings. The lowest BCUT2D eigenvalue weighted by molar-refractivity contribution is -0.737. The number of aliphatic hydroxyl groups excluding tert-OH is 1. The van der Waals surface area contributed by atoms with Gasteiger partial charge in [0.2, 0.25) is 11.5 Å². The number of allylic oxidation sites excluding steroid dienone is 1. The minimum Gasteiger partial charge on any atom is -0.504 e. The highest BCUT2D eigenvalue weighted by molar-refractivity contribution is 6.29. The molecule has 3 rings (SSSR count). The van der Waals surface area contributed by atoms with Crippen LogP contribution in [-0.2, 0) is 7.05 Å². The summed E-state index contributed by atoms with van der Waals surface area (Å²) >= 11 is 0. The molecule has 1 N–H and O–H groups in total. The largest absolute Gasteiger partial charge is 0.504 e. The average molecular weight is 321 g/mol. The second-order valence-corrected chi connectivity index (χ2v) is 5.32. The summed E-state index contributed by atoms with van der Waals surface area (Å²) in [5.41, 5.74) is 1.07. The minimum absolute atomic E-state index is 0.0676. The standard InChI is InChI=1S/C18H16N4O2/c1-13-21(2)19-20-22(13)16(17(23)14-9-5-3-6-10-14)18(24)15-11-7-4-8-12-15/h3-12H,1-2H3/p+1. The zero-order valence-electron chi connectivity index (χ0n) is 13.4. The van der Waals surface area contributed by atoms with E-state index in [1.165, 1.54) is 9.36 Å². The highest BCUT2D eigenvalue weighted by atomic mass is 16.3. The van der Waals surface area contributed by atoms with Crippen LogP contribution >= 0.6 is 0 Å². The Morgan fingerprint density at radius 3 is 2.04 bits per heavy atom. The fourth-order valence-corrected chi connectivity index (χ4v) is 2.34. The molecule has 6 nitrogen and oxygen atoms in total. The first-order chi connectivity index (χ1) is 11.6. The van der Waals surface area contributed by atoms with Crippen LogP contribution in [-0.4, -0.2) is 26.0 Å². The van der Waals surface area contributed by atoms with Gasteiger partial charge in [0.05, 0.1) is 7.05 Å². The highest BCUT2D eigenvalue weighted by Gasteiger charge is 2.29. The molecule has 0 aliphatic rings. The van der Waals surface area contributed by atoms with Crippen molar-refractivity contribution < 1.29 is 14.6 Å². The van der Waals surface area contributed by atoms with Gasteiger partial charge in [-0.05, 0) is 4.68 Å². The Balaban J connectivity index is 2.22. The van der Waals surface area contributed by atoms with Crippen LogP contribution in [0.1, 0.15) is 21.7 Å². The fourth-order valence-electron chi connectivity index (χ4n) is 2.34. The van der Waals surface area contributed by atoms with Gasteiger partial charge in [0.1, 0.15) is 5.21 Å². The van der Waals surface area contributed by atoms with Crippen LogP contribution in [0.4, 0.5) is 0 Å². The van der Waals surface area contributed by atoms with Gasteiger partial charge in [-0.2, -0.15) is 0 Å². The number of tetrazole rings is 1. The van der Waals surface area contributed by atoms with E-state index >= 15 is 0 Å². The zero-order chi connectivity index (χ0) is 17.1. The maximum atomic E-state index is 13.0. The molecule has 1 heterocycles. The molecular formula is C18H17N4O2+. The molecule has 24 heavy (non-hydrogen) atoms. The number of rotatable bonds is 4. The predicted molar refractivity (Wildman–Crippen MR) is 88.9 cm³/mol. The summed E-state index contributed by atoms with van der Waals surface area (Å²) in [6, 6.07) is 17.7. The molecule has 0 atom stereocenters. The highest BCUT2D eigenvalue weighted by Crippen LogP contribution is 2.23. The molecule has 0 spiro atoms. The van der Waals surface area contributed by atoms with E-state index in [1.807, 2.05) is 12.1 Å². The molecule has 0 saturated heterocycles. The topological polar surface area (TPSA) is 71.9 Å². The maximum absolute atomic E-state index is 13.0. The summed E-state index contributed by atoms with van der Waals surface area (Å²) in [5, 5.41) is 18.7. The quantitative estimate of drug-likeness (QED) is 0.346. The molecule has 0 unspecified atom stereocenters. The first-order valence-electron chi connectivity index (χ1n) is 7.47. The molecular weight excluding hydrogens is 304 g/mol. The van der Waals surface area contributed by atoms with Gasteiger partial charge < -0.3 is 5.11 Å². The predicted octanol–water partition coefficient (Wildman–Crippen LogP) is 2.18. The summed E-state index contributed by atoms with van der Waals surface area (Å²) in [4.78, 5) is 13.0. The number of Topliss-reactive ketones (excluding diaryl/α,β-unsaturated/α-hetero) is 1. The summed E-state index contributed by atoms with van der Waals surface area (Å²) in [6.45, 7) is 1.77. The van der Waals surface area contributed by atoms with Crippen molar-refractivity contribution in [3.8, 4) is 0 Å². The molecule has 0 fully saturated rings. The average Bonchev–Trinajstić information content (AvgIpc) is 2.96. The van der Waals surface area contributed by atoms with Crippen molar-refractivity contribution in [3.05, 3.63) is 77.6 Å². The minimum atomic E-state index is -0.328. The van der Waals surface area contributed by atoms with E-state index in [0.717, 1.165) is 0 Å². The monoisotopic (exact) mass is 321 g/mol. The second kappa shape index (κ2) is 6.45. The third-order valence-electron chi connectivity index (χ3n) is 3.77. The number of benzene rings is 2. The lowest BCUT2D eigenvalue weighted by Crippen LogP contribution is -2.34. The fraction of sp³-hybridized carbons (Fsp3) is 0.111. The van der Waals surface area contributed by atoms with E-state index in [4.69, 9.17) is 0 Å². The van der Waals surface area contributed by atoms with Gasteiger partial charge in [-0.3, -0.25) is 4.79 Å². The number of hydrogen-bond donors (Lipinski definition) is 1. The van der Waals surface area contributed by atoms with E-state index in [-0.39, 0.29) is 17.2 Å².